The van der Waals surface area contributed by atoms with Crippen molar-refractivity contribution in [1.29, 1.82) is 0 Å². The van der Waals surface area contributed by atoms with Crippen molar-refractivity contribution in [2.24, 2.45) is 17.8 Å². The maximum Gasteiger partial charge on any atom is 0.221 e. The van der Waals surface area contributed by atoms with Crippen LogP contribution in [0.1, 0.15) is 26.7 Å². The van der Waals surface area contributed by atoms with Gasteiger partial charge in [0.05, 0.1) is 11.4 Å². The summed E-state index contributed by atoms with van der Waals surface area (Å²) in [6.07, 6.45) is 1.85. The van der Waals surface area contributed by atoms with Gasteiger partial charge < -0.3 is 5.32 Å². The Morgan fingerprint density at radius 3 is 2.59 bits per heavy atom. The van der Waals surface area contributed by atoms with Crippen LogP contribution < -0.4 is 5.32 Å². The van der Waals surface area contributed by atoms with E-state index in [2.05, 4.69) is 5.32 Å². The van der Waals surface area contributed by atoms with Crippen molar-refractivity contribution in [1.82, 2.24) is 5.32 Å². The second kappa shape index (κ2) is 4.87. The van der Waals surface area contributed by atoms with Crippen LogP contribution in [0.4, 0.5) is 0 Å². The molecular formula is C15H17NO5S. The van der Waals surface area contributed by atoms with Crippen LogP contribution in [0.25, 0.3) is 0 Å². The summed E-state index contributed by atoms with van der Waals surface area (Å²) < 4.78 is 24.4. The molecule has 1 heterocycles. The average molecular weight is 323 g/mol. The van der Waals surface area contributed by atoms with Gasteiger partial charge in [0.2, 0.25) is 5.91 Å². The summed E-state index contributed by atoms with van der Waals surface area (Å²) in [4.78, 5) is 36.5. The first-order valence-electron chi connectivity index (χ1n) is 7.22. The number of sulfone groups is 1. The minimum Gasteiger partial charge on any atom is -0.323 e. The molecule has 0 aromatic carbocycles. The zero-order valence-electron chi connectivity index (χ0n) is 12.4. The van der Waals surface area contributed by atoms with Crippen LogP contribution in [0.15, 0.2) is 22.3 Å². The quantitative estimate of drug-likeness (QED) is 0.758. The summed E-state index contributed by atoms with van der Waals surface area (Å²) in [5.74, 6) is -2.55. The molecule has 22 heavy (non-hydrogen) atoms. The first-order chi connectivity index (χ1) is 10.2. The fourth-order valence-corrected chi connectivity index (χ4v) is 6.07. The predicted molar refractivity (Wildman–Crippen MR) is 78.1 cm³/mol. The molecule has 2 aliphatic carbocycles. The van der Waals surface area contributed by atoms with Crippen LogP contribution in [-0.4, -0.2) is 31.6 Å². The number of ketones is 2. The number of carbonyl (C=O) groups excluding carboxylic acids is 3. The Hall–Kier alpha value is -1.76. The molecule has 3 atom stereocenters. The third-order valence-corrected chi connectivity index (χ3v) is 6.81. The number of hydrogen-bond donors (Lipinski definition) is 1. The van der Waals surface area contributed by atoms with Crippen LogP contribution in [0.2, 0.25) is 0 Å². The van der Waals surface area contributed by atoms with E-state index in [1.807, 2.05) is 0 Å². The van der Waals surface area contributed by atoms with Crippen molar-refractivity contribution in [3.63, 3.8) is 0 Å². The lowest BCUT2D eigenvalue weighted by Gasteiger charge is -2.37. The largest absolute Gasteiger partial charge is 0.323 e. The van der Waals surface area contributed by atoms with Gasteiger partial charge in [-0.25, -0.2) is 8.42 Å². The molecule has 1 saturated heterocycles. The van der Waals surface area contributed by atoms with Gasteiger partial charge in [-0.05, 0) is 19.8 Å². The topological polar surface area (TPSA) is 97.4 Å². The molecule has 7 heteroatoms. The van der Waals surface area contributed by atoms with Crippen molar-refractivity contribution in [3.8, 4) is 0 Å². The lowest BCUT2D eigenvalue weighted by Crippen LogP contribution is -2.45. The SMILES string of the molecule is CC(=O)NC1=CC(=O)[C@H]2CC(C)=C3[C@@H](CCS3(=O)=O)[C@@H]2C1=O. The van der Waals surface area contributed by atoms with Gasteiger partial charge in [-0.1, -0.05) is 5.57 Å². The lowest BCUT2D eigenvalue weighted by atomic mass is 9.66. The monoisotopic (exact) mass is 323 g/mol. The molecule has 118 valence electrons. The number of nitrogens with one attached hydrogen (secondary N) is 1. The molecule has 3 rings (SSSR count). The van der Waals surface area contributed by atoms with Crippen LogP contribution in [0, 0.1) is 17.8 Å². The van der Waals surface area contributed by atoms with Crippen LogP contribution in [0.3, 0.4) is 0 Å². The van der Waals surface area contributed by atoms with Gasteiger partial charge in [0, 0.05) is 35.7 Å². The maximum absolute atomic E-state index is 12.6. The Balaban J connectivity index is 2.06. The van der Waals surface area contributed by atoms with Crippen molar-refractivity contribution in [3.05, 3.63) is 22.3 Å². The summed E-state index contributed by atoms with van der Waals surface area (Å²) in [7, 11) is -3.32. The average Bonchev–Trinajstić information content (AvgIpc) is 2.72. The van der Waals surface area contributed by atoms with E-state index < -0.39 is 33.5 Å². The number of Topliss-reactive ketones (excluding diaryl/α,β-unsaturated/α-hetero) is 1. The van der Waals surface area contributed by atoms with Gasteiger partial charge in [-0.3, -0.25) is 14.4 Å². The molecule has 0 bridgehead atoms. The molecule has 1 N–H and O–H groups in total. The van der Waals surface area contributed by atoms with Crippen LogP contribution in [-0.2, 0) is 24.2 Å². The van der Waals surface area contributed by atoms with Gasteiger partial charge in [-0.15, -0.1) is 0 Å². The number of rotatable bonds is 1. The summed E-state index contributed by atoms with van der Waals surface area (Å²) in [6, 6.07) is 0. The van der Waals surface area contributed by atoms with Gasteiger partial charge in [0.25, 0.3) is 0 Å². The van der Waals surface area contributed by atoms with Gasteiger partial charge >= 0.3 is 0 Å². The smallest absolute Gasteiger partial charge is 0.221 e. The molecule has 1 fully saturated rings. The second-order valence-corrected chi connectivity index (χ2v) is 8.28. The first-order valence-corrected chi connectivity index (χ1v) is 8.87. The molecule has 1 amide bonds. The number of hydrogen-bond acceptors (Lipinski definition) is 5. The molecular weight excluding hydrogens is 306 g/mol. The van der Waals surface area contributed by atoms with Gasteiger partial charge in [-0.2, -0.15) is 0 Å². The van der Waals surface area contributed by atoms with Crippen LogP contribution >= 0.6 is 0 Å². The van der Waals surface area contributed by atoms with Crippen molar-refractivity contribution >= 4 is 27.3 Å². The highest BCUT2D eigenvalue weighted by atomic mass is 32.2. The van der Waals surface area contributed by atoms with Gasteiger partial charge in [0.1, 0.15) is 0 Å². The molecule has 3 aliphatic rings. The molecule has 0 radical (unpaired) electrons. The van der Waals surface area contributed by atoms with Crippen molar-refractivity contribution < 1.29 is 22.8 Å². The Morgan fingerprint density at radius 2 is 1.95 bits per heavy atom. The fraction of sp³-hybridized carbons (Fsp3) is 0.533. The third-order valence-electron chi connectivity index (χ3n) is 4.71. The summed E-state index contributed by atoms with van der Waals surface area (Å²) >= 11 is 0. The van der Waals surface area contributed by atoms with E-state index in [9.17, 15) is 22.8 Å². The number of carbonyl (C=O) groups is 3. The Kier molecular flexibility index (Phi) is 3.36. The highest BCUT2D eigenvalue weighted by molar-refractivity contribution is 7.95. The number of fused-ring (bicyclic) bond motifs is 3. The van der Waals surface area contributed by atoms with Crippen molar-refractivity contribution in [2.45, 2.75) is 26.7 Å². The minimum atomic E-state index is -3.32. The van der Waals surface area contributed by atoms with E-state index >= 15 is 0 Å². The highest BCUT2D eigenvalue weighted by Crippen LogP contribution is 2.49. The van der Waals surface area contributed by atoms with Crippen molar-refractivity contribution in [2.75, 3.05) is 5.75 Å². The minimum absolute atomic E-state index is 0.0121. The predicted octanol–water partition coefficient (Wildman–Crippen LogP) is 0.503. The summed E-state index contributed by atoms with van der Waals surface area (Å²) in [5.41, 5.74) is 0.684. The summed E-state index contributed by atoms with van der Waals surface area (Å²) in [6.45, 7) is 2.99. The van der Waals surface area contributed by atoms with E-state index in [4.69, 9.17) is 0 Å². The maximum atomic E-state index is 12.6. The zero-order valence-corrected chi connectivity index (χ0v) is 13.2. The van der Waals surface area contributed by atoms with E-state index in [0.29, 0.717) is 23.3 Å². The molecule has 0 spiro atoms. The molecule has 6 nitrogen and oxygen atoms in total. The number of allylic oxidation sites excluding steroid dienone is 4. The molecule has 0 saturated carbocycles. The van der Waals surface area contributed by atoms with Crippen LogP contribution in [0.5, 0.6) is 0 Å². The second-order valence-electron chi connectivity index (χ2n) is 6.20. The van der Waals surface area contributed by atoms with E-state index in [-0.39, 0.29) is 23.0 Å². The Bertz CT molecular complexity index is 759. The Morgan fingerprint density at radius 1 is 1.27 bits per heavy atom. The van der Waals surface area contributed by atoms with E-state index in [1.165, 1.54) is 13.0 Å². The Labute approximate surface area is 128 Å². The highest BCUT2D eigenvalue weighted by Gasteiger charge is 2.52. The number of amides is 1. The standard InChI is InChI=1S/C15H17NO5S/c1-7-5-10-12(18)6-11(16-8(2)17)14(19)13(10)9-3-4-22(20,21)15(7)9/h6,9-10,13H,3-5H2,1-2H3,(H,16,17)/t9-,10+,13-/m0/s1. The molecule has 0 aromatic rings. The van der Waals surface area contributed by atoms with Gasteiger partial charge in [0.15, 0.2) is 21.4 Å². The molecule has 0 unspecified atom stereocenters. The normalized spacial score (nSPS) is 33.2. The third kappa shape index (κ3) is 2.15. The van der Waals surface area contributed by atoms with E-state index in [1.54, 1.807) is 6.92 Å². The summed E-state index contributed by atoms with van der Waals surface area (Å²) in [5, 5.41) is 2.39. The lowest BCUT2D eigenvalue weighted by molar-refractivity contribution is -0.132. The first kappa shape index (κ1) is 15.1. The van der Waals surface area contributed by atoms with E-state index in [0.717, 1.165) is 0 Å². The molecule has 1 aliphatic heterocycles. The molecule has 0 aromatic heterocycles. The fourth-order valence-electron chi connectivity index (χ4n) is 3.95. The zero-order chi connectivity index (χ0) is 16.2.